The van der Waals surface area contributed by atoms with Gasteiger partial charge in [0.2, 0.25) is 5.13 Å². The minimum absolute atomic E-state index is 0.0167. The lowest BCUT2D eigenvalue weighted by Gasteiger charge is -2.08. The Morgan fingerprint density at radius 3 is 2.70 bits per heavy atom. The van der Waals surface area contributed by atoms with E-state index in [4.69, 9.17) is 0 Å². The summed E-state index contributed by atoms with van der Waals surface area (Å²) in [7, 11) is -2.14. The molecule has 0 radical (unpaired) electrons. The number of aromatic nitrogens is 2. The van der Waals surface area contributed by atoms with Gasteiger partial charge in [0.25, 0.3) is 10.0 Å². The van der Waals surface area contributed by atoms with Gasteiger partial charge >= 0.3 is 0 Å². The Labute approximate surface area is 120 Å². The van der Waals surface area contributed by atoms with E-state index in [1.54, 1.807) is 14.0 Å². The SMILES string of the molecule is CNCc1cc(S(=O)(=O)Nc2nnc(C)s2)ccc1F. The molecule has 108 valence electrons. The highest BCUT2D eigenvalue weighted by atomic mass is 32.2. The highest BCUT2D eigenvalue weighted by Gasteiger charge is 2.18. The second-order valence-electron chi connectivity index (χ2n) is 4.02. The summed E-state index contributed by atoms with van der Waals surface area (Å²) in [6.45, 7) is 1.96. The van der Waals surface area contributed by atoms with Crippen LogP contribution in [0.25, 0.3) is 0 Å². The molecule has 0 unspecified atom stereocenters. The minimum Gasteiger partial charge on any atom is -0.316 e. The van der Waals surface area contributed by atoms with Crippen LogP contribution in [0.2, 0.25) is 0 Å². The van der Waals surface area contributed by atoms with Gasteiger partial charge in [-0.3, -0.25) is 4.72 Å². The summed E-state index contributed by atoms with van der Waals surface area (Å²) >= 11 is 1.13. The summed E-state index contributed by atoms with van der Waals surface area (Å²) in [6.07, 6.45) is 0. The van der Waals surface area contributed by atoms with Gasteiger partial charge in [-0.25, -0.2) is 12.8 Å². The molecule has 0 spiro atoms. The fraction of sp³-hybridized carbons (Fsp3) is 0.273. The highest BCUT2D eigenvalue weighted by molar-refractivity contribution is 7.93. The van der Waals surface area contributed by atoms with Crippen LogP contribution in [0.4, 0.5) is 9.52 Å². The van der Waals surface area contributed by atoms with Crippen molar-refractivity contribution >= 4 is 26.5 Å². The largest absolute Gasteiger partial charge is 0.316 e. The number of sulfonamides is 1. The molecule has 1 aromatic carbocycles. The van der Waals surface area contributed by atoms with Crippen molar-refractivity contribution in [2.24, 2.45) is 0 Å². The Morgan fingerprint density at radius 1 is 1.35 bits per heavy atom. The lowest BCUT2D eigenvalue weighted by Crippen LogP contribution is -2.14. The van der Waals surface area contributed by atoms with Crippen LogP contribution in [0, 0.1) is 12.7 Å². The third-order valence-electron chi connectivity index (χ3n) is 2.44. The van der Waals surface area contributed by atoms with Gasteiger partial charge in [0.15, 0.2) is 0 Å². The summed E-state index contributed by atoms with van der Waals surface area (Å²) in [4.78, 5) is -0.0167. The van der Waals surface area contributed by atoms with Gasteiger partial charge < -0.3 is 5.32 Å². The Bertz CT molecular complexity index is 715. The van der Waals surface area contributed by atoms with Gasteiger partial charge in [0, 0.05) is 12.1 Å². The van der Waals surface area contributed by atoms with Crippen molar-refractivity contribution in [1.29, 1.82) is 0 Å². The zero-order valence-corrected chi connectivity index (χ0v) is 12.5. The smallest absolute Gasteiger partial charge is 0.263 e. The van der Waals surface area contributed by atoms with Gasteiger partial charge in [-0.05, 0) is 32.2 Å². The molecule has 0 saturated carbocycles. The predicted molar refractivity (Wildman–Crippen MR) is 74.6 cm³/mol. The fourth-order valence-corrected chi connectivity index (χ4v) is 3.43. The van der Waals surface area contributed by atoms with Crippen LogP contribution in [0.5, 0.6) is 0 Å². The van der Waals surface area contributed by atoms with E-state index >= 15 is 0 Å². The number of hydrogen-bond acceptors (Lipinski definition) is 6. The van der Waals surface area contributed by atoms with Gasteiger partial charge in [0.1, 0.15) is 10.8 Å². The first kappa shape index (κ1) is 14.8. The zero-order chi connectivity index (χ0) is 14.8. The van der Waals surface area contributed by atoms with Crippen LogP contribution in [0.1, 0.15) is 10.6 Å². The van der Waals surface area contributed by atoms with E-state index in [-0.39, 0.29) is 22.1 Å². The maximum absolute atomic E-state index is 13.5. The summed E-state index contributed by atoms with van der Waals surface area (Å²) < 4.78 is 40.1. The molecule has 0 aliphatic carbocycles. The fourth-order valence-electron chi connectivity index (χ4n) is 1.56. The Balaban J connectivity index is 2.31. The summed E-state index contributed by atoms with van der Waals surface area (Å²) in [5, 5.41) is 11.0. The maximum atomic E-state index is 13.5. The first-order valence-corrected chi connectivity index (χ1v) is 7.98. The first-order chi connectivity index (χ1) is 9.42. The molecule has 6 nitrogen and oxygen atoms in total. The van der Waals surface area contributed by atoms with Crippen molar-refractivity contribution in [3.05, 3.63) is 34.6 Å². The number of aryl methyl sites for hydroxylation is 1. The van der Waals surface area contributed by atoms with Crippen molar-refractivity contribution < 1.29 is 12.8 Å². The van der Waals surface area contributed by atoms with E-state index < -0.39 is 15.8 Å². The average molecular weight is 316 g/mol. The second-order valence-corrected chi connectivity index (χ2v) is 6.88. The van der Waals surface area contributed by atoms with E-state index in [1.165, 1.54) is 12.1 Å². The molecule has 1 heterocycles. The molecule has 0 aliphatic rings. The van der Waals surface area contributed by atoms with Crippen LogP contribution < -0.4 is 10.0 Å². The molecular formula is C11H13FN4O2S2. The molecule has 0 atom stereocenters. The molecule has 2 rings (SSSR count). The van der Waals surface area contributed by atoms with Crippen LogP contribution in [-0.4, -0.2) is 25.7 Å². The Morgan fingerprint density at radius 2 is 2.10 bits per heavy atom. The standard InChI is InChI=1S/C11H13FN4O2S2/c1-7-14-15-11(19-7)16-20(17,18)9-3-4-10(12)8(5-9)6-13-2/h3-5,13H,6H2,1-2H3,(H,15,16). The third-order valence-corrected chi connectivity index (χ3v) is 4.66. The topological polar surface area (TPSA) is 84.0 Å². The Kier molecular flexibility index (Phi) is 4.31. The molecule has 0 aliphatic heterocycles. The van der Waals surface area contributed by atoms with Crippen LogP contribution in [0.3, 0.4) is 0 Å². The van der Waals surface area contributed by atoms with Crippen molar-refractivity contribution in [1.82, 2.24) is 15.5 Å². The molecule has 0 bridgehead atoms. The van der Waals surface area contributed by atoms with Crippen molar-refractivity contribution in [3.63, 3.8) is 0 Å². The van der Waals surface area contributed by atoms with Gasteiger partial charge in [-0.2, -0.15) is 0 Å². The molecule has 9 heteroatoms. The first-order valence-electron chi connectivity index (χ1n) is 5.68. The second kappa shape index (κ2) is 5.81. The lowest BCUT2D eigenvalue weighted by atomic mass is 10.2. The minimum atomic E-state index is -3.79. The summed E-state index contributed by atoms with van der Waals surface area (Å²) in [6, 6.07) is 3.64. The van der Waals surface area contributed by atoms with Gasteiger partial charge in [0.05, 0.1) is 4.90 Å². The van der Waals surface area contributed by atoms with Crippen LogP contribution >= 0.6 is 11.3 Å². The molecule has 2 aromatic rings. The molecule has 2 N–H and O–H groups in total. The molecule has 1 aromatic heterocycles. The number of hydrogen-bond donors (Lipinski definition) is 2. The van der Waals surface area contributed by atoms with Crippen molar-refractivity contribution in [3.8, 4) is 0 Å². The number of nitrogens with zero attached hydrogens (tertiary/aromatic N) is 2. The Hall–Kier alpha value is -1.58. The van der Waals surface area contributed by atoms with E-state index in [0.717, 1.165) is 17.4 Å². The number of halogens is 1. The normalized spacial score (nSPS) is 11.6. The van der Waals surface area contributed by atoms with E-state index in [2.05, 4.69) is 20.2 Å². The monoisotopic (exact) mass is 316 g/mol. The molecule has 0 amide bonds. The van der Waals surface area contributed by atoms with E-state index in [1.807, 2.05) is 0 Å². The quantitative estimate of drug-likeness (QED) is 0.873. The summed E-state index contributed by atoms with van der Waals surface area (Å²) in [5.74, 6) is -0.454. The molecule has 0 saturated heterocycles. The third kappa shape index (κ3) is 3.30. The number of anilines is 1. The van der Waals surface area contributed by atoms with Crippen LogP contribution in [0.15, 0.2) is 23.1 Å². The molecule has 20 heavy (non-hydrogen) atoms. The molecule has 0 fully saturated rings. The number of rotatable bonds is 5. The van der Waals surface area contributed by atoms with E-state index in [9.17, 15) is 12.8 Å². The number of nitrogens with one attached hydrogen (secondary N) is 2. The molecular weight excluding hydrogens is 303 g/mol. The zero-order valence-electron chi connectivity index (χ0n) is 10.8. The van der Waals surface area contributed by atoms with Crippen molar-refractivity contribution in [2.75, 3.05) is 11.8 Å². The van der Waals surface area contributed by atoms with Crippen molar-refractivity contribution in [2.45, 2.75) is 18.4 Å². The lowest BCUT2D eigenvalue weighted by molar-refractivity contribution is 0.591. The average Bonchev–Trinajstić information content (AvgIpc) is 2.77. The maximum Gasteiger partial charge on any atom is 0.263 e. The highest BCUT2D eigenvalue weighted by Crippen LogP contribution is 2.21. The van der Waals surface area contributed by atoms with Gasteiger partial charge in [-0.15, -0.1) is 10.2 Å². The van der Waals surface area contributed by atoms with Crippen LogP contribution in [-0.2, 0) is 16.6 Å². The predicted octanol–water partition coefficient (Wildman–Crippen LogP) is 1.51. The van der Waals surface area contributed by atoms with Gasteiger partial charge in [-0.1, -0.05) is 11.3 Å². The van der Waals surface area contributed by atoms with E-state index in [0.29, 0.717) is 5.01 Å². The number of benzene rings is 1. The summed E-state index contributed by atoms with van der Waals surface area (Å²) in [5.41, 5.74) is 0.281.